The van der Waals surface area contributed by atoms with E-state index in [2.05, 4.69) is 5.32 Å². The van der Waals surface area contributed by atoms with Crippen molar-refractivity contribution in [2.45, 2.75) is 25.8 Å². The van der Waals surface area contributed by atoms with E-state index in [-0.39, 0.29) is 18.4 Å². The molecule has 2 heterocycles. The number of hydrogen-bond acceptors (Lipinski definition) is 4. The second-order valence-electron chi connectivity index (χ2n) is 7.07. The molecule has 0 saturated carbocycles. The van der Waals surface area contributed by atoms with E-state index in [1.165, 1.54) is 11.3 Å². The van der Waals surface area contributed by atoms with E-state index in [0.29, 0.717) is 24.3 Å². The van der Waals surface area contributed by atoms with Gasteiger partial charge in [-0.2, -0.15) is 0 Å². The zero-order valence-corrected chi connectivity index (χ0v) is 15.9. The number of likely N-dealkylation sites (tertiary alicyclic amines) is 1. The van der Waals surface area contributed by atoms with Crippen LogP contribution in [0.15, 0.2) is 47.8 Å². The van der Waals surface area contributed by atoms with Crippen LogP contribution in [-0.4, -0.2) is 46.9 Å². The molecule has 1 aliphatic heterocycles. The minimum atomic E-state index is -0.940. The summed E-state index contributed by atoms with van der Waals surface area (Å²) in [5.41, 5.74) is -0.00687. The number of nitrogens with one attached hydrogen (secondary N) is 1. The van der Waals surface area contributed by atoms with Crippen molar-refractivity contribution in [3.8, 4) is 0 Å². The summed E-state index contributed by atoms with van der Waals surface area (Å²) in [6.07, 6.45) is 0.766. The predicted molar refractivity (Wildman–Crippen MR) is 103 cm³/mol. The number of aliphatic carboxylic acids is 1. The summed E-state index contributed by atoms with van der Waals surface area (Å²) in [5, 5.41) is 14.1. The fraction of sp³-hybridized carbons (Fsp3) is 0.350. The number of benzene rings is 1. The Labute approximate surface area is 161 Å². The molecule has 27 heavy (non-hydrogen) atoms. The van der Waals surface area contributed by atoms with Crippen molar-refractivity contribution in [1.29, 1.82) is 0 Å². The normalized spacial score (nSPS) is 20.3. The van der Waals surface area contributed by atoms with Crippen LogP contribution >= 0.6 is 11.3 Å². The third kappa shape index (κ3) is 4.36. The fourth-order valence-corrected chi connectivity index (χ4v) is 3.86. The van der Waals surface area contributed by atoms with Crippen molar-refractivity contribution in [2.75, 3.05) is 13.1 Å². The first-order valence-electron chi connectivity index (χ1n) is 8.79. The van der Waals surface area contributed by atoms with Gasteiger partial charge in [-0.3, -0.25) is 14.4 Å². The Morgan fingerprint density at radius 2 is 1.96 bits per heavy atom. The summed E-state index contributed by atoms with van der Waals surface area (Å²) in [5.74, 6) is -1.44. The van der Waals surface area contributed by atoms with E-state index in [9.17, 15) is 19.5 Å². The molecule has 2 aromatic rings. The van der Waals surface area contributed by atoms with E-state index < -0.39 is 17.4 Å². The van der Waals surface area contributed by atoms with Gasteiger partial charge in [-0.1, -0.05) is 36.4 Å². The van der Waals surface area contributed by atoms with E-state index in [1.807, 2.05) is 35.7 Å². The third-order valence-electron chi connectivity index (χ3n) is 4.93. The second-order valence-corrected chi connectivity index (χ2v) is 8.02. The smallest absolute Gasteiger partial charge is 0.311 e. The lowest BCUT2D eigenvalue weighted by atomic mass is 9.90. The Morgan fingerprint density at radius 3 is 2.56 bits per heavy atom. The van der Waals surface area contributed by atoms with Crippen molar-refractivity contribution in [3.63, 3.8) is 0 Å². The lowest BCUT2D eigenvalue weighted by Gasteiger charge is -2.25. The topological polar surface area (TPSA) is 86.7 Å². The van der Waals surface area contributed by atoms with E-state index in [0.717, 1.165) is 5.56 Å². The minimum Gasteiger partial charge on any atom is -0.481 e. The highest BCUT2D eigenvalue weighted by Gasteiger charge is 2.43. The number of thiophene rings is 1. The van der Waals surface area contributed by atoms with Gasteiger partial charge in [-0.25, -0.2) is 0 Å². The molecule has 0 bridgehead atoms. The lowest BCUT2D eigenvalue weighted by molar-refractivity contribution is -0.147. The first kappa shape index (κ1) is 19.1. The molecule has 2 amide bonds. The number of carbonyl (C=O) groups excluding carboxylic acids is 2. The van der Waals surface area contributed by atoms with Gasteiger partial charge < -0.3 is 15.3 Å². The molecule has 0 spiro atoms. The van der Waals surface area contributed by atoms with Gasteiger partial charge in [0.1, 0.15) is 6.04 Å². The third-order valence-corrected chi connectivity index (χ3v) is 5.80. The molecule has 1 saturated heterocycles. The minimum absolute atomic E-state index is 0.154. The van der Waals surface area contributed by atoms with Crippen LogP contribution in [0.2, 0.25) is 0 Å². The highest BCUT2D eigenvalue weighted by Crippen LogP contribution is 2.30. The molecule has 0 aliphatic carbocycles. The van der Waals surface area contributed by atoms with Gasteiger partial charge >= 0.3 is 5.97 Å². The van der Waals surface area contributed by atoms with Crippen molar-refractivity contribution in [2.24, 2.45) is 5.41 Å². The molecule has 2 unspecified atom stereocenters. The summed E-state index contributed by atoms with van der Waals surface area (Å²) >= 11 is 1.31. The molecule has 1 fully saturated rings. The van der Waals surface area contributed by atoms with Crippen molar-refractivity contribution < 1.29 is 19.5 Å². The SMILES string of the molecule is CC1(C(=O)O)CCN(C(=O)C(Cc2ccccc2)NC(=O)c2cccs2)C1. The molecule has 7 heteroatoms. The largest absolute Gasteiger partial charge is 0.481 e. The van der Waals surface area contributed by atoms with Gasteiger partial charge in [-0.15, -0.1) is 11.3 Å². The monoisotopic (exact) mass is 386 g/mol. The molecule has 3 rings (SSSR count). The van der Waals surface area contributed by atoms with Gasteiger partial charge in [-0.05, 0) is 30.4 Å². The zero-order valence-electron chi connectivity index (χ0n) is 15.1. The first-order chi connectivity index (χ1) is 12.9. The number of carboxylic acids is 1. The number of hydrogen-bond donors (Lipinski definition) is 2. The van der Waals surface area contributed by atoms with Crippen LogP contribution in [0, 0.1) is 5.41 Å². The Balaban J connectivity index is 1.77. The highest BCUT2D eigenvalue weighted by atomic mass is 32.1. The van der Waals surface area contributed by atoms with Gasteiger partial charge in [0.2, 0.25) is 5.91 Å². The lowest BCUT2D eigenvalue weighted by Crippen LogP contribution is -2.49. The van der Waals surface area contributed by atoms with Crippen molar-refractivity contribution >= 4 is 29.1 Å². The van der Waals surface area contributed by atoms with Gasteiger partial charge in [0, 0.05) is 19.5 Å². The van der Waals surface area contributed by atoms with Crippen molar-refractivity contribution in [3.05, 3.63) is 58.3 Å². The van der Waals surface area contributed by atoms with Crippen molar-refractivity contribution in [1.82, 2.24) is 10.2 Å². The zero-order chi connectivity index (χ0) is 19.4. The molecule has 1 aliphatic rings. The van der Waals surface area contributed by atoms with Crippen LogP contribution in [0.25, 0.3) is 0 Å². The molecule has 1 aromatic carbocycles. The standard InChI is InChI=1S/C20H22N2O4S/c1-20(19(25)26)9-10-22(13-20)18(24)15(12-14-6-3-2-4-7-14)21-17(23)16-8-5-11-27-16/h2-8,11,15H,9-10,12-13H2,1H3,(H,21,23)(H,25,26). The average Bonchev–Trinajstić information content (AvgIpc) is 3.32. The molecular formula is C20H22N2O4S. The number of nitrogens with zero attached hydrogens (tertiary/aromatic N) is 1. The Morgan fingerprint density at radius 1 is 1.22 bits per heavy atom. The summed E-state index contributed by atoms with van der Waals surface area (Å²) in [7, 11) is 0. The molecule has 2 N–H and O–H groups in total. The van der Waals surface area contributed by atoms with Crippen LogP contribution in [0.4, 0.5) is 0 Å². The molecular weight excluding hydrogens is 364 g/mol. The van der Waals surface area contributed by atoms with Gasteiger partial charge in [0.25, 0.3) is 5.91 Å². The van der Waals surface area contributed by atoms with Gasteiger partial charge in [0.05, 0.1) is 10.3 Å². The van der Waals surface area contributed by atoms with Crippen LogP contribution < -0.4 is 5.32 Å². The summed E-state index contributed by atoms with van der Waals surface area (Å²) < 4.78 is 0. The highest BCUT2D eigenvalue weighted by molar-refractivity contribution is 7.12. The Bertz CT molecular complexity index is 822. The summed E-state index contributed by atoms with van der Waals surface area (Å²) in [4.78, 5) is 39.2. The number of carbonyl (C=O) groups is 3. The number of amides is 2. The fourth-order valence-electron chi connectivity index (χ4n) is 3.23. The van der Waals surface area contributed by atoms with E-state index in [4.69, 9.17) is 0 Å². The van der Waals surface area contributed by atoms with Crippen LogP contribution in [0.1, 0.15) is 28.6 Å². The average molecular weight is 386 g/mol. The van der Waals surface area contributed by atoms with Crippen LogP contribution in [0.5, 0.6) is 0 Å². The first-order valence-corrected chi connectivity index (χ1v) is 9.67. The van der Waals surface area contributed by atoms with E-state index >= 15 is 0 Å². The molecule has 0 radical (unpaired) electrons. The van der Waals surface area contributed by atoms with Gasteiger partial charge in [0.15, 0.2) is 0 Å². The maximum atomic E-state index is 13.1. The Kier molecular flexibility index (Phi) is 5.60. The van der Waals surface area contributed by atoms with Crippen LogP contribution in [0.3, 0.4) is 0 Å². The maximum absolute atomic E-state index is 13.1. The number of carboxylic acid groups (broad SMARTS) is 1. The maximum Gasteiger partial charge on any atom is 0.311 e. The second kappa shape index (κ2) is 7.92. The summed E-state index contributed by atoms with van der Waals surface area (Å²) in [6, 6.07) is 12.2. The van der Waals surface area contributed by atoms with E-state index in [1.54, 1.807) is 24.0 Å². The quantitative estimate of drug-likeness (QED) is 0.798. The summed E-state index contributed by atoms with van der Waals surface area (Å²) in [6.45, 7) is 2.18. The molecule has 1 aromatic heterocycles. The number of rotatable bonds is 6. The Hall–Kier alpha value is -2.67. The molecule has 2 atom stereocenters. The molecule has 6 nitrogen and oxygen atoms in total. The molecule has 142 valence electrons. The van der Waals surface area contributed by atoms with Crippen LogP contribution in [-0.2, 0) is 16.0 Å². The predicted octanol–water partition coefficient (Wildman–Crippen LogP) is 2.41.